The van der Waals surface area contributed by atoms with Gasteiger partial charge in [-0.1, -0.05) is 0 Å². The van der Waals surface area contributed by atoms with Crippen molar-refractivity contribution in [2.24, 2.45) is 0 Å². The van der Waals surface area contributed by atoms with E-state index in [0.29, 0.717) is 0 Å². The fourth-order valence-electron chi connectivity index (χ4n) is 0. The molecule has 0 radical (unpaired) electrons. The molecule has 0 heterocycles. The number of carboxylic acid groups (broad SMARTS) is 1. The second kappa shape index (κ2) is 32.0. The van der Waals surface area contributed by atoms with Crippen molar-refractivity contribution in [3.8, 4) is 0 Å². The summed E-state index contributed by atoms with van der Waals surface area (Å²) in [5.74, 6) is 0. The summed E-state index contributed by atoms with van der Waals surface area (Å²) in [5.41, 5.74) is 0. The SMILES string of the molecule is O.O=CO.[Pt]. The molecule has 3 N–H and O–H groups in total. The number of carbonyl (C=O) groups is 1. The molecule has 0 amide bonds. The third-order valence-electron chi connectivity index (χ3n) is 0. The van der Waals surface area contributed by atoms with E-state index < -0.39 is 0 Å². The van der Waals surface area contributed by atoms with E-state index in [-0.39, 0.29) is 33.0 Å². The fourth-order valence-corrected chi connectivity index (χ4v) is 0. The molecule has 0 saturated heterocycles. The predicted molar refractivity (Wildman–Crippen MR) is 12.3 cm³/mol. The van der Waals surface area contributed by atoms with Crippen molar-refractivity contribution in [1.29, 1.82) is 0 Å². The Morgan fingerprint density at radius 3 is 1.60 bits per heavy atom. The van der Waals surface area contributed by atoms with Gasteiger partial charge in [0.15, 0.2) is 0 Å². The summed E-state index contributed by atoms with van der Waals surface area (Å²) in [6.45, 7) is -0.250. The Hall–Kier alpha value is 0.118. The van der Waals surface area contributed by atoms with Gasteiger partial charge in [0.05, 0.1) is 0 Å². The average Bonchev–Trinajstić information content (AvgIpc) is 0.918. The quantitative estimate of drug-likeness (QED) is 0.559. The number of hydrogen-bond acceptors (Lipinski definition) is 1. The molecule has 0 fully saturated rings. The van der Waals surface area contributed by atoms with Gasteiger partial charge in [-0.05, 0) is 0 Å². The van der Waals surface area contributed by atoms with E-state index in [2.05, 4.69) is 0 Å². The van der Waals surface area contributed by atoms with E-state index in [4.69, 9.17) is 9.90 Å². The van der Waals surface area contributed by atoms with Gasteiger partial charge in [-0.3, -0.25) is 4.79 Å². The molecule has 3 nitrogen and oxygen atoms in total. The van der Waals surface area contributed by atoms with E-state index in [1.807, 2.05) is 0 Å². The summed E-state index contributed by atoms with van der Waals surface area (Å²) in [5, 5.41) is 6.89. The van der Waals surface area contributed by atoms with Crippen molar-refractivity contribution < 1.29 is 36.4 Å². The first-order valence-electron chi connectivity index (χ1n) is 0.494. The third-order valence-corrected chi connectivity index (χ3v) is 0. The van der Waals surface area contributed by atoms with Gasteiger partial charge in [-0.15, -0.1) is 0 Å². The average molecular weight is 259 g/mol. The molecule has 0 aromatic heterocycles. The van der Waals surface area contributed by atoms with Crippen LogP contribution in [0, 0.1) is 0 Å². The molecule has 5 heavy (non-hydrogen) atoms. The molecule has 0 aliphatic rings. The maximum atomic E-state index is 8.36. The predicted octanol–water partition coefficient (Wildman–Crippen LogP) is -1.13. The van der Waals surface area contributed by atoms with Crippen LogP contribution in [0.1, 0.15) is 0 Å². The van der Waals surface area contributed by atoms with Crippen LogP contribution >= 0.6 is 0 Å². The van der Waals surface area contributed by atoms with Crippen molar-refractivity contribution in [3.63, 3.8) is 0 Å². The van der Waals surface area contributed by atoms with Gasteiger partial charge in [0, 0.05) is 21.1 Å². The fraction of sp³-hybridized carbons (Fsp3) is 0. The summed E-state index contributed by atoms with van der Waals surface area (Å²) in [7, 11) is 0. The topological polar surface area (TPSA) is 68.8 Å². The first kappa shape index (κ1) is 19.3. The van der Waals surface area contributed by atoms with E-state index >= 15 is 0 Å². The molecule has 0 aromatic rings. The molecule has 0 aliphatic heterocycles. The Balaban J connectivity index is -0.0000000200. The molecule has 0 aromatic carbocycles. The van der Waals surface area contributed by atoms with Crippen molar-refractivity contribution in [2.45, 2.75) is 0 Å². The van der Waals surface area contributed by atoms with Crippen LogP contribution in [0.15, 0.2) is 0 Å². The van der Waals surface area contributed by atoms with Gasteiger partial charge < -0.3 is 10.6 Å². The molecule has 0 rings (SSSR count). The normalized spacial score (nSPS) is 2.40. The smallest absolute Gasteiger partial charge is 0.290 e. The molecule has 36 valence electrons. The summed E-state index contributed by atoms with van der Waals surface area (Å²) in [6, 6.07) is 0. The Kier molecular flexibility index (Phi) is 124. The summed E-state index contributed by atoms with van der Waals surface area (Å²) < 4.78 is 0. The van der Waals surface area contributed by atoms with Gasteiger partial charge in [0.2, 0.25) is 0 Å². The molecular formula is CH4O3Pt. The maximum Gasteiger partial charge on any atom is 0.290 e. The van der Waals surface area contributed by atoms with Crippen LogP contribution in [-0.4, -0.2) is 17.1 Å². The van der Waals surface area contributed by atoms with E-state index in [9.17, 15) is 0 Å². The van der Waals surface area contributed by atoms with Crippen LogP contribution in [0.25, 0.3) is 0 Å². The van der Waals surface area contributed by atoms with E-state index in [1.165, 1.54) is 0 Å². The van der Waals surface area contributed by atoms with Crippen LogP contribution in [0.5, 0.6) is 0 Å². The van der Waals surface area contributed by atoms with Crippen LogP contribution in [0.3, 0.4) is 0 Å². The van der Waals surface area contributed by atoms with Crippen molar-refractivity contribution in [2.75, 3.05) is 0 Å². The standard InChI is InChI=1S/CH2O2.H2O.Pt/c2-1-3;;/h1H,(H,2,3);1H2;. The molecule has 0 unspecified atom stereocenters. The monoisotopic (exact) mass is 259 g/mol. The van der Waals surface area contributed by atoms with Crippen molar-refractivity contribution in [3.05, 3.63) is 0 Å². The minimum absolute atomic E-state index is 0. The Labute approximate surface area is 43.6 Å². The molecule has 4 heteroatoms. The van der Waals surface area contributed by atoms with Gasteiger partial charge in [0.25, 0.3) is 6.47 Å². The summed E-state index contributed by atoms with van der Waals surface area (Å²) >= 11 is 0. The Morgan fingerprint density at radius 2 is 1.60 bits per heavy atom. The Bertz CT molecular complexity index is 14.4. The van der Waals surface area contributed by atoms with Crippen LogP contribution < -0.4 is 0 Å². The van der Waals surface area contributed by atoms with Crippen molar-refractivity contribution >= 4 is 6.47 Å². The van der Waals surface area contributed by atoms with Gasteiger partial charge in [0.1, 0.15) is 0 Å². The number of rotatable bonds is 0. The first-order chi connectivity index (χ1) is 1.41. The zero-order valence-electron chi connectivity index (χ0n) is 2.25. The second-order valence-electron chi connectivity index (χ2n) is 0.105. The Morgan fingerprint density at radius 1 is 1.60 bits per heavy atom. The molecule has 0 atom stereocenters. The second-order valence-corrected chi connectivity index (χ2v) is 0.105. The summed E-state index contributed by atoms with van der Waals surface area (Å²) in [6.07, 6.45) is 0. The van der Waals surface area contributed by atoms with Gasteiger partial charge in [-0.25, -0.2) is 0 Å². The maximum absolute atomic E-state index is 8.36. The molecule has 0 saturated carbocycles. The molecule has 0 aliphatic carbocycles. The molecule has 0 bridgehead atoms. The van der Waals surface area contributed by atoms with E-state index in [1.54, 1.807) is 0 Å². The molecular weight excluding hydrogens is 255 g/mol. The third kappa shape index (κ3) is 1320. The van der Waals surface area contributed by atoms with Crippen LogP contribution in [-0.2, 0) is 25.9 Å². The van der Waals surface area contributed by atoms with Gasteiger partial charge in [-0.2, -0.15) is 0 Å². The minimum Gasteiger partial charge on any atom is -0.483 e. The van der Waals surface area contributed by atoms with E-state index in [0.717, 1.165) is 0 Å². The van der Waals surface area contributed by atoms with Crippen LogP contribution in [0.2, 0.25) is 0 Å². The zero-order chi connectivity index (χ0) is 2.71. The molecule has 0 spiro atoms. The van der Waals surface area contributed by atoms with Crippen molar-refractivity contribution in [1.82, 2.24) is 0 Å². The number of hydrogen-bond donors (Lipinski definition) is 1. The minimum atomic E-state index is -0.250. The van der Waals surface area contributed by atoms with Gasteiger partial charge >= 0.3 is 0 Å². The first-order valence-corrected chi connectivity index (χ1v) is 0.494. The summed E-state index contributed by atoms with van der Waals surface area (Å²) in [4.78, 5) is 8.36. The van der Waals surface area contributed by atoms with Crippen LogP contribution in [0.4, 0.5) is 0 Å². The largest absolute Gasteiger partial charge is 0.483 e. The zero-order valence-corrected chi connectivity index (χ0v) is 4.52.